The maximum atomic E-state index is 5.05. The number of H-pyrrole nitrogens is 1. The summed E-state index contributed by atoms with van der Waals surface area (Å²) in [6.45, 7) is 4.80. The average molecular weight is 373 g/mol. The van der Waals surface area contributed by atoms with Crippen molar-refractivity contribution in [3.63, 3.8) is 0 Å². The highest BCUT2D eigenvalue weighted by Gasteiger charge is 2.14. The minimum absolute atomic E-state index is 0.232. The van der Waals surface area contributed by atoms with Crippen LogP contribution >= 0.6 is 0 Å². The summed E-state index contributed by atoms with van der Waals surface area (Å²) >= 11 is 0. The van der Waals surface area contributed by atoms with E-state index in [1.165, 1.54) is 11.1 Å². The molecule has 2 aromatic heterocycles. The third-order valence-corrected chi connectivity index (χ3v) is 4.97. The van der Waals surface area contributed by atoms with Crippen LogP contribution in [-0.4, -0.2) is 32.1 Å². The molecule has 1 unspecified atom stereocenters. The Hall–Kier alpha value is -3.25. The lowest BCUT2D eigenvalue weighted by Crippen LogP contribution is -2.22. The fraction of sp³-hybridized carbons (Fsp3) is 0.227. The van der Waals surface area contributed by atoms with Gasteiger partial charge in [-0.3, -0.25) is 4.90 Å². The Labute approximate surface area is 164 Å². The van der Waals surface area contributed by atoms with Gasteiger partial charge in [-0.05, 0) is 30.7 Å². The lowest BCUT2D eigenvalue weighted by molar-refractivity contribution is 0.245. The number of benzene rings is 2. The summed E-state index contributed by atoms with van der Waals surface area (Å²) in [5.41, 5.74) is 4.56. The maximum Gasteiger partial charge on any atom is 0.223 e. The average Bonchev–Trinajstić information content (AvgIpc) is 3.40. The number of hydrogen-bond acceptors (Lipinski definition) is 5. The molecule has 0 radical (unpaired) electrons. The Morgan fingerprint density at radius 1 is 1.00 bits per heavy atom. The first-order chi connectivity index (χ1) is 13.6. The van der Waals surface area contributed by atoms with Crippen LogP contribution < -0.4 is 0 Å². The van der Waals surface area contributed by atoms with E-state index >= 15 is 0 Å². The fourth-order valence-electron chi connectivity index (χ4n) is 3.17. The second kappa shape index (κ2) is 7.78. The number of aromatic amines is 1. The Kier molecular flexibility index (Phi) is 5.04. The monoisotopic (exact) mass is 373 g/mol. The molecule has 0 amide bonds. The highest BCUT2D eigenvalue weighted by atomic mass is 16.5. The molecule has 1 atom stereocenters. The number of imidazole rings is 1. The largest absolute Gasteiger partial charge is 0.347 e. The van der Waals surface area contributed by atoms with Gasteiger partial charge in [0.05, 0.1) is 6.04 Å². The normalized spacial score (nSPS) is 12.4. The number of hydrogen-bond donors (Lipinski definition) is 1. The third-order valence-electron chi connectivity index (χ3n) is 4.97. The van der Waals surface area contributed by atoms with Crippen molar-refractivity contribution in [2.75, 3.05) is 7.05 Å². The van der Waals surface area contributed by atoms with Crippen molar-refractivity contribution >= 4 is 0 Å². The minimum Gasteiger partial charge on any atom is -0.347 e. The summed E-state index contributed by atoms with van der Waals surface area (Å²) in [5.74, 6) is 2.17. The van der Waals surface area contributed by atoms with E-state index in [1.54, 1.807) is 13.1 Å². The van der Waals surface area contributed by atoms with Gasteiger partial charge in [0, 0.05) is 31.4 Å². The van der Waals surface area contributed by atoms with Gasteiger partial charge in [0.1, 0.15) is 5.82 Å². The van der Waals surface area contributed by atoms with E-state index in [0.29, 0.717) is 11.7 Å². The van der Waals surface area contributed by atoms with Gasteiger partial charge in [0.25, 0.3) is 0 Å². The molecule has 0 saturated carbocycles. The van der Waals surface area contributed by atoms with Gasteiger partial charge < -0.3 is 9.51 Å². The van der Waals surface area contributed by atoms with Crippen LogP contribution in [0.25, 0.3) is 22.5 Å². The SMILES string of the molecule is Cc1nc(-c2ccc(-c3ccc(CN(C)C(C)c4ncc[nH]4)cc3)cc2)no1. The van der Waals surface area contributed by atoms with Gasteiger partial charge in [-0.25, -0.2) is 4.98 Å². The predicted octanol–water partition coefficient (Wildman–Crippen LogP) is 4.63. The number of aromatic nitrogens is 4. The van der Waals surface area contributed by atoms with E-state index in [4.69, 9.17) is 4.52 Å². The molecule has 4 rings (SSSR count). The van der Waals surface area contributed by atoms with Crippen LogP contribution in [0.3, 0.4) is 0 Å². The lowest BCUT2D eigenvalue weighted by Gasteiger charge is -2.23. The van der Waals surface area contributed by atoms with Gasteiger partial charge in [0.2, 0.25) is 11.7 Å². The van der Waals surface area contributed by atoms with Gasteiger partial charge in [0.15, 0.2) is 0 Å². The zero-order valence-corrected chi connectivity index (χ0v) is 16.3. The van der Waals surface area contributed by atoms with Crippen LogP contribution in [0.4, 0.5) is 0 Å². The van der Waals surface area contributed by atoms with Crippen molar-refractivity contribution in [2.45, 2.75) is 26.4 Å². The zero-order chi connectivity index (χ0) is 19.5. The van der Waals surface area contributed by atoms with Crippen molar-refractivity contribution in [3.05, 3.63) is 78.2 Å². The van der Waals surface area contributed by atoms with Crippen LogP contribution in [0, 0.1) is 6.92 Å². The number of nitrogens with one attached hydrogen (secondary N) is 1. The van der Waals surface area contributed by atoms with E-state index in [9.17, 15) is 0 Å². The van der Waals surface area contributed by atoms with Crippen molar-refractivity contribution in [3.8, 4) is 22.5 Å². The molecule has 0 aliphatic carbocycles. The molecule has 2 aromatic carbocycles. The molecule has 0 fully saturated rings. The standard InChI is InChI=1S/C22H23N5O/c1-15(21-23-12-13-24-21)27(3)14-17-4-6-18(7-5-17)19-8-10-20(11-9-19)22-25-16(2)28-26-22/h4-13,15H,14H2,1-3H3,(H,23,24). The summed E-state index contributed by atoms with van der Waals surface area (Å²) in [6.07, 6.45) is 3.65. The van der Waals surface area contributed by atoms with Crippen molar-refractivity contribution < 1.29 is 4.52 Å². The van der Waals surface area contributed by atoms with Crippen LogP contribution in [0.15, 0.2) is 65.4 Å². The van der Waals surface area contributed by atoms with Gasteiger partial charge in [-0.1, -0.05) is 53.7 Å². The smallest absolute Gasteiger partial charge is 0.223 e. The summed E-state index contributed by atoms with van der Waals surface area (Å²) in [6, 6.07) is 17.1. The Balaban J connectivity index is 1.44. The van der Waals surface area contributed by atoms with Gasteiger partial charge in [-0.2, -0.15) is 4.98 Å². The molecular weight excluding hydrogens is 350 g/mol. The lowest BCUT2D eigenvalue weighted by atomic mass is 10.0. The Bertz CT molecular complexity index is 1020. The molecule has 2 heterocycles. The number of rotatable bonds is 6. The number of nitrogens with zero attached hydrogens (tertiary/aromatic N) is 4. The van der Waals surface area contributed by atoms with E-state index in [1.807, 2.05) is 18.3 Å². The molecule has 0 aliphatic heterocycles. The van der Waals surface area contributed by atoms with E-state index < -0.39 is 0 Å². The molecule has 0 saturated heterocycles. The van der Waals surface area contributed by atoms with Crippen LogP contribution in [0.1, 0.15) is 30.2 Å². The van der Waals surface area contributed by atoms with E-state index in [0.717, 1.165) is 23.5 Å². The van der Waals surface area contributed by atoms with Gasteiger partial charge in [-0.15, -0.1) is 0 Å². The molecule has 0 spiro atoms. The molecule has 6 nitrogen and oxygen atoms in total. The van der Waals surface area contributed by atoms with E-state index in [-0.39, 0.29) is 6.04 Å². The second-order valence-corrected chi connectivity index (χ2v) is 6.98. The van der Waals surface area contributed by atoms with Crippen molar-refractivity contribution in [1.82, 2.24) is 25.0 Å². The predicted molar refractivity (Wildman–Crippen MR) is 108 cm³/mol. The summed E-state index contributed by atoms with van der Waals surface area (Å²) < 4.78 is 5.05. The number of aryl methyl sites for hydroxylation is 1. The summed E-state index contributed by atoms with van der Waals surface area (Å²) in [5, 5.41) is 3.96. The first-order valence-corrected chi connectivity index (χ1v) is 9.30. The quantitative estimate of drug-likeness (QED) is 0.534. The third kappa shape index (κ3) is 3.87. The van der Waals surface area contributed by atoms with Crippen LogP contribution in [-0.2, 0) is 6.54 Å². The van der Waals surface area contributed by atoms with Crippen molar-refractivity contribution in [2.24, 2.45) is 0 Å². The Morgan fingerprint density at radius 2 is 1.64 bits per heavy atom. The molecule has 0 bridgehead atoms. The summed E-state index contributed by atoms with van der Waals surface area (Å²) in [4.78, 5) is 14.1. The minimum atomic E-state index is 0.232. The fourth-order valence-corrected chi connectivity index (χ4v) is 3.17. The topological polar surface area (TPSA) is 70.8 Å². The summed E-state index contributed by atoms with van der Waals surface area (Å²) in [7, 11) is 2.11. The van der Waals surface area contributed by atoms with E-state index in [2.05, 4.69) is 75.4 Å². The van der Waals surface area contributed by atoms with Gasteiger partial charge >= 0.3 is 0 Å². The first kappa shape index (κ1) is 18.1. The molecule has 6 heteroatoms. The second-order valence-electron chi connectivity index (χ2n) is 6.98. The van der Waals surface area contributed by atoms with Crippen molar-refractivity contribution in [1.29, 1.82) is 0 Å². The Morgan fingerprint density at radius 3 is 2.21 bits per heavy atom. The van der Waals surface area contributed by atoms with Crippen LogP contribution in [0.5, 0.6) is 0 Å². The highest BCUT2D eigenvalue weighted by molar-refractivity contribution is 5.67. The molecule has 4 aromatic rings. The first-order valence-electron chi connectivity index (χ1n) is 9.30. The van der Waals surface area contributed by atoms with Crippen LogP contribution in [0.2, 0.25) is 0 Å². The molecular formula is C22H23N5O. The maximum absolute atomic E-state index is 5.05. The zero-order valence-electron chi connectivity index (χ0n) is 16.3. The molecule has 1 N–H and O–H groups in total. The molecule has 0 aliphatic rings. The highest BCUT2D eigenvalue weighted by Crippen LogP contribution is 2.25. The molecule has 28 heavy (non-hydrogen) atoms. The molecule has 142 valence electrons.